The third-order valence-corrected chi connectivity index (χ3v) is 3.93. The zero-order valence-electron chi connectivity index (χ0n) is 13.0. The molecule has 1 rings (SSSR count). The number of ether oxygens (including phenoxy) is 1. The summed E-state index contributed by atoms with van der Waals surface area (Å²) in [4.78, 5) is 2.48. The molecule has 0 spiro atoms. The monoisotopic (exact) mass is 267 g/mol. The number of morpholine rings is 1. The molecule has 4 heteroatoms. The molecular formula is C15H29N3O. The Morgan fingerprint density at radius 2 is 2.21 bits per heavy atom. The molecule has 0 aromatic rings. The van der Waals surface area contributed by atoms with E-state index in [2.05, 4.69) is 37.1 Å². The van der Waals surface area contributed by atoms with E-state index in [-0.39, 0.29) is 11.1 Å². The van der Waals surface area contributed by atoms with Gasteiger partial charge in [0.2, 0.25) is 0 Å². The predicted molar refractivity (Wildman–Crippen MR) is 78.0 cm³/mol. The lowest BCUT2D eigenvalue weighted by atomic mass is 9.96. The molecule has 1 aliphatic heterocycles. The van der Waals surface area contributed by atoms with Crippen LogP contribution in [0.3, 0.4) is 0 Å². The fourth-order valence-electron chi connectivity index (χ4n) is 2.51. The number of nitrogens with one attached hydrogen (secondary N) is 1. The molecule has 1 saturated heterocycles. The van der Waals surface area contributed by atoms with E-state index in [9.17, 15) is 5.26 Å². The first-order valence-corrected chi connectivity index (χ1v) is 7.42. The summed E-state index contributed by atoms with van der Waals surface area (Å²) in [6, 6.07) is 2.42. The molecule has 0 amide bonds. The van der Waals surface area contributed by atoms with E-state index in [1.165, 1.54) is 0 Å². The molecule has 0 aliphatic carbocycles. The van der Waals surface area contributed by atoms with Crippen molar-refractivity contribution in [2.24, 2.45) is 0 Å². The molecule has 1 fully saturated rings. The summed E-state index contributed by atoms with van der Waals surface area (Å²) < 4.78 is 5.53. The Kier molecular flexibility index (Phi) is 6.25. The van der Waals surface area contributed by atoms with Crippen LogP contribution in [0, 0.1) is 11.3 Å². The maximum Gasteiger partial charge on any atom is 0.103 e. The zero-order valence-corrected chi connectivity index (χ0v) is 13.0. The van der Waals surface area contributed by atoms with Crippen molar-refractivity contribution in [3.63, 3.8) is 0 Å². The molecule has 1 heterocycles. The Morgan fingerprint density at radius 3 is 2.79 bits per heavy atom. The normalized spacial score (nSPS) is 22.7. The van der Waals surface area contributed by atoms with E-state index in [4.69, 9.17) is 4.74 Å². The van der Waals surface area contributed by atoms with Gasteiger partial charge in [0.25, 0.3) is 0 Å². The van der Waals surface area contributed by atoms with Gasteiger partial charge in [0.05, 0.1) is 19.3 Å². The maximum atomic E-state index is 9.31. The largest absolute Gasteiger partial charge is 0.378 e. The first-order chi connectivity index (χ1) is 8.93. The fraction of sp³-hybridized carbons (Fsp3) is 0.933. The lowest BCUT2D eigenvalue weighted by Gasteiger charge is -2.42. The second kappa shape index (κ2) is 7.23. The lowest BCUT2D eigenvalue weighted by Crippen LogP contribution is -2.53. The highest BCUT2D eigenvalue weighted by Crippen LogP contribution is 2.20. The van der Waals surface area contributed by atoms with Gasteiger partial charge in [-0.1, -0.05) is 6.92 Å². The zero-order chi connectivity index (χ0) is 14.4. The Labute approximate surface area is 118 Å². The predicted octanol–water partition coefficient (Wildman–Crippen LogP) is 2.16. The van der Waals surface area contributed by atoms with Gasteiger partial charge in [0.1, 0.15) is 5.54 Å². The molecular weight excluding hydrogens is 238 g/mol. The minimum atomic E-state index is -0.383. The molecule has 19 heavy (non-hydrogen) atoms. The van der Waals surface area contributed by atoms with Crippen molar-refractivity contribution in [3.8, 4) is 6.07 Å². The molecule has 0 aromatic carbocycles. The maximum absolute atomic E-state index is 9.31. The minimum absolute atomic E-state index is 0.123. The van der Waals surface area contributed by atoms with Crippen LogP contribution < -0.4 is 5.32 Å². The Balaban J connectivity index is 2.37. The smallest absolute Gasteiger partial charge is 0.103 e. The number of nitriles is 1. The van der Waals surface area contributed by atoms with Gasteiger partial charge in [-0.25, -0.2) is 0 Å². The van der Waals surface area contributed by atoms with Crippen LogP contribution in [-0.4, -0.2) is 48.8 Å². The van der Waals surface area contributed by atoms with Crippen molar-refractivity contribution in [1.82, 2.24) is 10.2 Å². The van der Waals surface area contributed by atoms with Gasteiger partial charge in [0, 0.05) is 12.1 Å². The quantitative estimate of drug-likeness (QED) is 0.768. The SMILES string of the molecule is CCCNC(C)(C#N)CCCN1CCOCC1(C)C. The third-order valence-electron chi connectivity index (χ3n) is 3.93. The molecule has 1 unspecified atom stereocenters. The van der Waals surface area contributed by atoms with Crippen molar-refractivity contribution >= 4 is 0 Å². The van der Waals surface area contributed by atoms with Crippen LogP contribution in [0.2, 0.25) is 0 Å². The van der Waals surface area contributed by atoms with E-state index in [0.29, 0.717) is 0 Å². The van der Waals surface area contributed by atoms with Gasteiger partial charge >= 0.3 is 0 Å². The summed E-state index contributed by atoms with van der Waals surface area (Å²) >= 11 is 0. The van der Waals surface area contributed by atoms with Gasteiger partial charge < -0.3 is 4.74 Å². The Morgan fingerprint density at radius 1 is 1.47 bits per heavy atom. The first kappa shape index (κ1) is 16.4. The average Bonchev–Trinajstić information content (AvgIpc) is 2.38. The molecule has 0 aromatic heterocycles. The van der Waals surface area contributed by atoms with Gasteiger partial charge in [-0.2, -0.15) is 5.26 Å². The highest BCUT2D eigenvalue weighted by molar-refractivity contribution is 5.03. The molecule has 1 N–H and O–H groups in total. The summed E-state index contributed by atoms with van der Waals surface area (Å²) in [7, 11) is 0. The van der Waals surface area contributed by atoms with Crippen molar-refractivity contribution in [2.75, 3.05) is 32.8 Å². The number of rotatable bonds is 7. The lowest BCUT2D eigenvalue weighted by molar-refractivity contribution is -0.0516. The van der Waals surface area contributed by atoms with Crippen LogP contribution in [0.4, 0.5) is 0 Å². The van der Waals surface area contributed by atoms with E-state index in [1.54, 1.807) is 0 Å². The van der Waals surface area contributed by atoms with E-state index >= 15 is 0 Å². The highest BCUT2D eigenvalue weighted by Gasteiger charge is 2.30. The van der Waals surface area contributed by atoms with E-state index in [0.717, 1.165) is 52.1 Å². The third kappa shape index (κ3) is 5.10. The van der Waals surface area contributed by atoms with E-state index in [1.807, 2.05) is 6.92 Å². The van der Waals surface area contributed by atoms with Crippen LogP contribution >= 0.6 is 0 Å². The topological polar surface area (TPSA) is 48.3 Å². The number of hydrogen-bond acceptors (Lipinski definition) is 4. The molecule has 0 bridgehead atoms. The van der Waals surface area contributed by atoms with Crippen molar-refractivity contribution in [2.45, 2.75) is 58.0 Å². The van der Waals surface area contributed by atoms with Gasteiger partial charge in [-0.15, -0.1) is 0 Å². The highest BCUT2D eigenvalue weighted by atomic mass is 16.5. The number of nitrogens with zero attached hydrogens (tertiary/aromatic N) is 2. The van der Waals surface area contributed by atoms with Gasteiger partial charge in [0.15, 0.2) is 0 Å². The Hall–Kier alpha value is -0.630. The Bertz CT molecular complexity index is 311. The second-order valence-corrected chi connectivity index (χ2v) is 6.33. The van der Waals surface area contributed by atoms with Crippen LogP contribution in [-0.2, 0) is 4.74 Å². The molecule has 0 radical (unpaired) electrons. The second-order valence-electron chi connectivity index (χ2n) is 6.33. The number of hydrogen-bond donors (Lipinski definition) is 1. The van der Waals surface area contributed by atoms with Crippen LogP contribution in [0.5, 0.6) is 0 Å². The van der Waals surface area contributed by atoms with Gasteiger partial charge in [-0.05, 0) is 53.1 Å². The first-order valence-electron chi connectivity index (χ1n) is 7.42. The van der Waals surface area contributed by atoms with Crippen molar-refractivity contribution in [1.29, 1.82) is 5.26 Å². The molecule has 1 atom stereocenters. The van der Waals surface area contributed by atoms with Gasteiger partial charge in [-0.3, -0.25) is 10.2 Å². The summed E-state index contributed by atoms with van der Waals surface area (Å²) in [6.07, 6.45) is 3.01. The van der Waals surface area contributed by atoms with Crippen LogP contribution in [0.25, 0.3) is 0 Å². The molecule has 110 valence electrons. The standard InChI is InChI=1S/C15H29N3O/c1-5-8-17-15(4,12-16)7-6-9-18-10-11-19-13-14(18,2)3/h17H,5-11,13H2,1-4H3. The summed E-state index contributed by atoms with van der Waals surface area (Å²) in [6.45, 7) is 13.2. The molecule has 1 aliphatic rings. The summed E-state index contributed by atoms with van der Waals surface area (Å²) in [5, 5.41) is 12.7. The summed E-state index contributed by atoms with van der Waals surface area (Å²) in [5.74, 6) is 0. The average molecular weight is 267 g/mol. The van der Waals surface area contributed by atoms with Crippen LogP contribution in [0.1, 0.15) is 47.0 Å². The fourth-order valence-corrected chi connectivity index (χ4v) is 2.51. The molecule has 0 saturated carbocycles. The summed E-state index contributed by atoms with van der Waals surface area (Å²) in [5.41, 5.74) is -0.259. The minimum Gasteiger partial charge on any atom is -0.378 e. The van der Waals surface area contributed by atoms with Crippen molar-refractivity contribution in [3.05, 3.63) is 0 Å². The van der Waals surface area contributed by atoms with E-state index < -0.39 is 0 Å². The van der Waals surface area contributed by atoms with Crippen LogP contribution in [0.15, 0.2) is 0 Å². The van der Waals surface area contributed by atoms with Crippen molar-refractivity contribution < 1.29 is 4.74 Å². The molecule has 4 nitrogen and oxygen atoms in total.